The quantitative estimate of drug-likeness (QED) is 0.421. The number of hydrogen-bond donors (Lipinski definition) is 2. The number of hydrogen-bond acceptors (Lipinski definition) is 9. The highest BCUT2D eigenvalue weighted by Crippen LogP contribution is 2.47. The van der Waals surface area contributed by atoms with Crippen molar-refractivity contribution in [2.75, 3.05) is 6.61 Å². The van der Waals surface area contributed by atoms with E-state index in [0.717, 1.165) is 5.56 Å². The van der Waals surface area contributed by atoms with Gasteiger partial charge in [0.2, 0.25) is 5.91 Å². The van der Waals surface area contributed by atoms with Gasteiger partial charge in [-0.3, -0.25) is 4.79 Å². The van der Waals surface area contributed by atoms with E-state index in [1.165, 1.54) is 0 Å². The smallest absolute Gasteiger partial charge is 0.329 e. The largest absolute Gasteiger partial charge is 0.458 e. The fraction of sp³-hybridized carbons (Fsp3) is 0.724. The highest BCUT2D eigenvalue weighted by atomic mass is 19.3. The van der Waals surface area contributed by atoms with Crippen molar-refractivity contribution in [3.05, 3.63) is 35.9 Å². The highest BCUT2D eigenvalue weighted by Gasteiger charge is 2.65. The molecule has 3 heterocycles. The number of carbonyl (C=O) groups is 2. The summed E-state index contributed by atoms with van der Waals surface area (Å²) in [4.78, 5) is 26.0. The van der Waals surface area contributed by atoms with Crippen molar-refractivity contribution in [2.45, 2.75) is 127 Å². The third-order valence-corrected chi connectivity index (χ3v) is 7.02. The van der Waals surface area contributed by atoms with Crippen LogP contribution < -0.4 is 11.1 Å². The summed E-state index contributed by atoms with van der Waals surface area (Å²) in [5, 5.41) is 2.52. The van der Waals surface area contributed by atoms with Crippen LogP contribution in [0.5, 0.6) is 0 Å². The molecule has 0 aliphatic carbocycles. The van der Waals surface area contributed by atoms with Crippen molar-refractivity contribution in [2.24, 2.45) is 5.73 Å². The molecule has 3 aliphatic rings. The van der Waals surface area contributed by atoms with E-state index >= 15 is 8.78 Å². The summed E-state index contributed by atoms with van der Waals surface area (Å²) >= 11 is 0. The first-order valence-electron chi connectivity index (χ1n) is 13.9. The number of nitrogens with one attached hydrogen (secondary N) is 1. The predicted molar refractivity (Wildman–Crippen MR) is 143 cm³/mol. The topological polar surface area (TPSA) is 128 Å². The maximum atomic E-state index is 15.8. The summed E-state index contributed by atoms with van der Waals surface area (Å²) in [6.45, 7) is 11.9. The first-order chi connectivity index (χ1) is 18.9. The fourth-order valence-corrected chi connectivity index (χ4v) is 5.34. The number of halogens is 2. The zero-order chi connectivity index (χ0) is 30.4. The molecule has 3 N–H and O–H groups in total. The average molecular weight is 585 g/mol. The number of carbonyl (C=O) groups excluding carboxylic acids is 2. The third kappa shape index (κ3) is 7.79. The van der Waals surface area contributed by atoms with E-state index in [4.69, 9.17) is 34.2 Å². The molecule has 0 aromatic heterocycles. The van der Waals surface area contributed by atoms with Gasteiger partial charge in [-0.15, -0.1) is 0 Å². The molecule has 10 nitrogen and oxygen atoms in total. The maximum Gasteiger partial charge on any atom is 0.329 e. The Morgan fingerprint density at radius 3 is 2.24 bits per heavy atom. The van der Waals surface area contributed by atoms with Gasteiger partial charge in [0.15, 0.2) is 17.7 Å². The lowest BCUT2D eigenvalue weighted by Crippen LogP contribution is -2.54. The van der Waals surface area contributed by atoms with Gasteiger partial charge >= 0.3 is 5.97 Å². The molecule has 3 aliphatic heterocycles. The molecule has 4 rings (SSSR count). The molecule has 0 radical (unpaired) electrons. The number of nitrogens with two attached hydrogens (primary N) is 1. The zero-order valence-corrected chi connectivity index (χ0v) is 24.6. The highest BCUT2D eigenvalue weighted by molar-refractivity contribution is 5.87. The SMILES string of the molecule is CC(C)(C)OC(=O)[C@H](Cc1ccccc1)NC(=O)[C@@H](N)CC(F)(F)[C@H]1O[C@@H]([C@H]2COC(C)(C)O2)[C@H]2OC(C)(C)O[C@H]21. The van der Waals surface area contributed by atoms with Crippen LogP contribution in [0.4, 0.5) is 8.78 Å². The van der Waals surface area contributed by atoms with Gasteiger partial charge in [-0.25, -0.2) is 13.6 Å². The van der Waals surface area contributed by atoms with Crippen LogP contribution in [-0.4, -0.2) is 84.2 Å². The molecule has 41 heavy (non-hydrogen) atoms. The zero-order valence-electron chi connectivity index (χ0n) is 24.6. The number of amides is 1. The first-order valence-corrected chi connectivity index (χ1v) is 13.9. The second-order valence-electron chi connectivity index (χ2n) is 12.8. The molecule has 0 spiro atoms. The van der Waals surface area contributed by atoms with Crippen LogP contribution in [0.25, 0.3) is 0 Å². The summed E-state index contributed by atoms with van der Waals surface area (Å²) in [5.74, 6) is -7.23. The van der Waals surface area contributed by atoms with Crippen LogP contribution in [0.3, 0.4) is 0 Å². The van der Waals surface area contributed by atoms with E-state index in [-0.39, 0.29) is 13.0 Å². The molecule has 1 aromatic carbocycles. The van der Waals surface area contributed by atoms with Crippen molar-refractivity contribution >= 4 is 11.9 Å². The summed E-state index contributed by atoms with van der Waals surface area (Å²) < 4.78 is 66.2. The third-order valence-electron chi connectivity index (χ3n) is 7.02. The van der Waals surface area contributed by atoms with Crippen LogP contribution in [0.2, 0.25) is 0 Å². The van der Waals surface area contributed by atoms with E-state index in [1.54, 1.807) is 72.7 Å². The second-order valence-corrected chi connectivity index (χ2v) is 12.8. The molecule has 7 atom stereocenters. The Bertz CT molecular complexity index is 1090. The number of benzene rings is 1. The lowest BCUT2D eigenvalue weighted by atomic mass is 9.96. The van der Waals surface area contributed by atoms with Gasteiger partial charge in [-0.1, -0.05) is 30.3 Å². The monoisotopic (exact) mass is 584 g/mol. The lowest BCUT2D eigenvalue weighted by Gasteiger charge is -2.31. The Morgan fingerprint density at radius 1 is 1.02 bits per heavy atom. The molecule has 0 unspecified atom stereocenters. The summed E-state index contributed by atoms with van der Waals surface area (Å²) in [6.07, 6.45) is -6.20. The minimum atomic E-state index is -3.59. The van der Waals surface area contributed by atoms with E-state index in [1.807, 2.05) is 6.07 Å². The second kappa shape index (κ2) is 11.5. The van der Waals surface area contributed by atoms with Crippen LogP contribution in [0.1, 0.15) is 60.5 Å². The minimum absolute atomic E-state index is 0.0991. The fourth-order valence-electron chi connectivity index (χ4n) is 5.34. The van der Waals surface area contributed by atoms with Crippen LogP contribution in [0.15, 0.2) is 30.3 Å². The van der Waals surface area contributed by atoms with E-state index in [2.05, 4.69) is 5.32 Å². The van der Waals surface area contributed by atoms with Crippen molar-refractivity contribution in [1.82, 2.24) is 5.32 Å². The Kier molecular flexibility index (Phi) is 8.86. The molecule has 12 heteroatoms. The predicted octanol–water partition coefficient (Wildman–Crippen LogP) is 2.85. The van der Waals surface area contributed by atoms with Gasteiger partial charge in [0.25, 0.3) is 5.92 Å². The van der Waals surface area contributed by atoms with E-state index in [0.29, 0.717) is 0 Å². The van der Waals surface area contributed by atoms with Crippen LogP contribution in [0, 0.1) is 0 Å². The number of fused-ring (bicyclic) bond motifs is 1. The standard InChI is InChI=1S/C29H42F2N2O8/c1-26(2,3)41-25(35)18(13-16-11-9-8-10-12-16)33-24(34)17(32)14-29(30,31)23-22-21(39-28(6,7)40-22)20(37-23)19-15-36-27(4,5)38-19/h8-12,17-23H,13-15,32H2,1-7H3,(H,33,34)/t17-,18-,19+,20-,21+,22+,23-/m0/s1. The Labute approximate surface area is 239 Å². The summed E-state index contributed by atoms with van der Waals surface area (Å²) in [6, 6.07) is 6.17. The van der Waals surface area contributed by atoms with Gasteiger partial charge in [-0.05, 0) is 54.0 Å². The molecule has 3 saturated heterocycles. The van der Waals surface area contributed by atoms with Crippen molar-refractivity contribution in [3.8, 4) is 0 Å². The molecule has 230 valence electrons. The number of rotatable bonds is 9. The Morgan fingerprint density at radius 2 is 1.66 bits per heavy atom. The minimum Gasteiger partial charge on any atom is -0.458 e. The number of esters is 1. The molecule has 0 bridgehead atoms. The Hall–Kier alpha value is -2.22. The number of ether oxygens (including phenoxy) is 6. The number of alkyl halides is 2. The molecule has 1 aromatic rings. The van der Waals surface area contributed by atoms with Gasteiger partial charge in [0, 0.05) is 12.8 Å². The average Bonchev–Trinajstić information content (AvgIpc) is 3.46. The first kappa shape index (κ1) is 31.7. The van der Waals surface area contributed by atoms with E-state index in [9.17, 15) is 9.59 Å². The normalized spacial score (nSPS) is 30.4. The molecule has 0 saturated carbocycles. The molecule has 3 fully saturated rings. The van der Waals surface area contributed by atoms with Gasteiger partial charge in [0.1, 0.15) is 36.1 Å². The van der Waals surface area contributed by atoms with Crippen LogP contribution in [-0.2, 0) is 44.4 Å². The van der Waals surface area contributed by atoms with Gasteiger partial charge < -0.3 is 39.5 Å². The van der Waals surface area contributed by atoms with Crippen LogP contribution >= 0.6 is 0 Å². The molecular formula is C29H42F2N2O8. The maximum absolute atomic E-state index is 15.8. The van der Waals surface area contributed by atoms with Crippen molar-refractivity contribution in [1.29, 1.82) is 0 Å². The van der Waals surface area contributed by atoms with Gasteiger partial charge in [0.05, 0.1) is 12.6 Å². The van der Waals surface area contributed by atoms with E-state index < -0.39 is 84.0 Å². The van der Waals surface area contributed by atoms with Crippen molar-refractivity contribution in [3.63, 3.8) is 0 Å². The summed E-state index contributed by atoms with van der Waals surface area (Å²) in [7, 11) is 0. The van der Waals surface area contributed by atoms with Gasteiger partial charge in [-0.2, -0.15) is 0 Å². The molecule has 1 amide bonds. The molecular weight excluding hydrogens is 542 g/mol. The lowest BCUT2D eigenvalue weighted by molar-refractivity contribution is -0.236. The van der Waals surface area contributed by atoms with Crippen molar-refractivity contribution < 1.29 is 46.8 Å². The Balaban J connectivity index is 1.46. The summed E-state index contributed by atoms with van der Waals surface area (Å²) in [5.41, 5.74) is 5.94.